The number of methoxy groups -OCH3 is 1. The maximum absolute atomic E-state index is 13.2. The number of nitrogens with zero attached hydrogens (tertiary/aromatic N) is 2. The summed E-state index contributed by atoms with van der Waals surface area (Å²) < 4.78 is 25.6. The number of carbonyl (C=O) groups excluding carboxylic acids is 1. The van der Waals surface area contributed by atoms with Gasteiger partial charge in [0.25, 0.3) is 5.91 Å². The van der Waals surface area contributed by atoms with Crippen LogP contribution < -0.4 is 9.47 Å². The van der Waals surface area contributed by atoms with Crippen molar-refractivity contribution in [1.82, 2.24) is 4.90 Å². The van der Waals surface area contributed by atoms with Crippen molar-refractivity contribution in [2.45, 2.75) is 20.5 Å². The van der Waals surface area contributed by atoms with Gasteiger partial charge in [0.05, 0.1) is 17.7 Å². The van der Waals surface area contributed by atoms with Crippen molar-refractivity contribution in [2.75, 3.05) is 13.7 Å². The lowest BCUT2D eigenvalue weighted by Crippen LogP contribution is -2.28. The largest absolute Gasteiger partial charge is 0.493 e. The van der Waals surface area contributed by atoms with Crippen LogP contribution in [0.3, 0.4) is 0 Å². The van der Waals surface area contributed by atoms with Crippen molar-refractivity contribution in [3.05, 3.63) is 92.5 Å². The minimum atomic E-state index is -0.331. The topological polar surface area (TPSA) is 51.1 Å². The molecular weight excluding hydrogens is 531 g/mol. The van der Waals surface area contributed by atoms with Gasteiger partial charge in [-0.15, -0.1) is 0 Å². The van der Waals surface area contributed by atoms with E-state index in [2.05, 4.69) is 27.0 Å². The molecule has 1 saturated heterocycles. The molecule has 4 rings (SSSR count). The third-order valence-electron chi connectivity index (χ3n) is 5.30. The average molecular weight is 555 g/mol. The second-order valence-electron chi connectivity index (χ2n) is 7.83. The van der Waals surface area contributed by atoms with Crippen LogP contribution in [0.15, 0.2) is 75.0 Å². The number of hydrogen-bond acceptors (Lipinski definition) is 5. The van der Waals surface area contributed by atoms with E-state index >= 15 is 0 Å². The van der Waals surface area contributed by atoms with E-state index in [1.165, 1.54) is 29.5 Å². The molecule has 0 unspecified atom stereocenters. The van der Waals surface area contributed by atoms with Crippen molar-refractivity contribution < 1.29 is 18.7 Å². The highest BCUT2D eigenvalue weighted by Gasteiger charge is 2.32. The van der Waals surface area contributed by atoms with E-state index < -0.39 is 0 Å². The third kappa shape index (κ3) is 5.94. The Kier molecular flexibility index (Phi) is 7.93. The van der Waals surface area contributed by atoms with Crippen LogP contribution in [0, 0.1) is 12.7 Å². The monoisotopic (exact) mass is 554 g/mol. The number of ether oxygens (including phenoxy) is 2. The van der Waals surface area contributed by atoms with E-state index in [1.807, 2.05) is 44.2 Å². The number of rotatable bonds is 7. The van der Waals surface area contributed by atoms with Gasteiger partial charge < -0.3 is 9.47 Å². The first-order valence-electron chi connectivity index (χ1n) is 11.0. The fourth-order valence-corrected chi connectivity index (χ4v) is 5.02. The van der Waals surface area contributed by atoms with Crippen LogP contribution in [0.4, 0.5) is 10.1 Å². The minimum absolute atomic E-state index is 0.135. The lowest BCUT2D eigenvalue weighted by Gasteiger charge is -2.13. The number of thioether (sulfide) groups is 1. The van der Waals surface area contributed by atoms with E-state index in [-0.39, 0.29) is 11.7 Å². The van der Waals surface area contributed by atoms with Gasteiger partial charge in [0.15, 0.2) is 16.7 Å². The van der Waals surface area contributed by atoms with Gasteiger partial charge in [-0.2, -0.15) is 0 Å². The molecule has 0 radical (unpaired) electrons. The van der Waals surface area contributed by atoms with Crippen LogP contribution in [0.25, 0.3) is 6.08 Å². The van der Waals surface area contributed by atoms with E-state index in [0.29, 0.717) is 40.4 Å². The predicted octanol–water partition coefficient (Wildman–Crippen LogP) is 7.11. The number of halogens is 2. The average Bonchev–Trinajstić information content (AvgIpc) is 3.14. The summed E-state index contributed by atoms with van der Waals surface area (Å²) in [6.07, 6.45) is 1.81. The van der Waals surface area contributed by atoms with Crippen molar-refractivity contribution in [2.24, 2.45) is 4.99 Å². The summed E-state index contributed by atoms with van der Waals surface area (Å²) in [5.41, 5.74) is 3.59. The Balaban J connectivity index is 1.59. The van der Waals surface area contributed by atoms with Crippen LogP contribution in [-0.4, -0.2) is 29.6 Å². The van der Waals surface area contributed by atoms with E-state index in [4.69, 9.17) is 9.47 Å². The van der Waals surface area contributed by atoms with Crippen LogP contribution in [0.2, 0.25) is 0 Å². The zero-order valence-electron chi connectivity index (χ0n) is 19.5. The molecule has 0 aromatic heterocycles. The van der Waals surface area contributed by atoms with E-state index in [9.17, 15) is 9.18 Å². The molecule has 35 heavy (non-hydrogen) atoms. The first kappa shape index (κ1) is 25.0. The lowest BCUT2D eigenvalue weighted by molar-refractivity contribution is -0.122. The van der Waals surface area contributed by atoms with E-state index in [1.54, 1.807) is 30.2 Å². The number of benzene rings is 3. The Labute approximate surface area is 216 Å². The summed E-state index contributed by atoms with van der Waals surface area (Å²) in [4.78, 5) is 19.7. The minimum Gasteiger partial charge on any atom is -0.493 e. The van der Waals surface area contributed by atoms with Gasteiger partial charge in [0.1, 0.15) is 12.4 Å². The molecule has 0 aliphatic carbocycles. The molecule has 1 heterocycles. The fourth-order valence-electron chi connectivity index (χ4n) is 3.53. The Morgan fingerprint density at radius 3 is 2.57 bits per heavy atom. The zero-order chi connectivity index (χ0) is 24.9. The number of likely N-dealkylation sites (N-methyl/N-ethyl adjacent to an activating group) is 1. The molecule has 0 saturated carbocycles. The Morgan fingerprint density at radius 2 is 1.89 bits per heavy atom. The first-order valence-corrected chi connectivity index (χ1v) is 12.6. The number of hydrogen-bond donors (Lipinski definition) is 0. The Hall–Kier alpha value is -3.10. The second-order valence-corrected chi connectivity index (χ2v) is 9.70. The van der Waals surface area contributed by atoms with E-state index in [0.717, 1.165) is 15.6 Å². The number of aryl methyl sites for hydroxylation is 1. The third-order valence-corrected chi connectivity index (χ3v) is 7.00. The van der Waals surface area contributed by atoms with Crippen molar-refractivity contribution in [3.8, 4) is 11.5 Å². The molecule has 1 amide bonds. The normalized spacial score (nSPS) is 15.8. The smallest absolute Gasteiger partial charge is 0.266 e. The van der Waals surface area contributed by atoms with Gasteiger partial charge in [0.2, 0.25) is 0 Å². The predicted molar refractivity (Wildman–Crippen MR) is 143 cm³/mol. The van der Waals surface area contributed by atoms with Crippen molar-refractivity contribution >= 4 is 50.5 Å². The molecule has 8 heteroatoms. The van der Waals surface area contributed by atoms with Crippen LogP contribution in [0.5, 0.6) is 11.5 Å². The number of amidine groups is 1. The summed E-state index contributed by atoms with van der Waals surface area (Å²) >= 11 is 4.88. The van der Waals surface area contributed by atoms with Crippen LogP contribution in [0.1, 0.15) is 23.6 Å². The molecule has 5 nitrogen and oxygen atoms in total. The second kappa shape index (κ2) is 11.1. The molecule has 0 spiro atoms. The quantitative estimate of drug-likeness (QED) is 0.292. The number of carbonyl (C=O) groups is 1. The van der Waals surface area contributed by atoms with Gasteiger partial charge in [-0.3, -0.25) is 9.69 Å². The molecule has 3 aromatic rings. The van der Waals surface area contributed by atoms with Crippen LogP contribution in [-0.2, 0) is 11.4 Å². The van der Waals surface area contributed by atoms with Gasteiger partial charge >= 0.3 is 0 Å². The zero-order valence-corrected chi connectivity index (χ0v) is 22.0. The van der Waals surface area contributed by atoms with Gasteiger partial charge in [0, 0.05) is 11.0 Å². The van der Waals surface area contributed by atoms with Gasteiger partial charge in [-0.1, -0.05) is 45.8 Å². The van der Waals surface area contributed by atoms with Gasteiger partial charge in [-0.25, -0.2) is 9.38 Å². The molecule has 0 N–H and O–H groups in total. The first-order chi connectivity index (χ1) is 16.9. The summed E-state index contributed by atoms with van der Waals surface area (Å²) in [7, 11) is 1.58. The summed E-state index contributed by atoms with van der Waals surface area (Å²) in [5, 5.41) is 0.552. The molecule has 1 aliphatic heterocycles. The van der Waals surface area contributed by atoms with Crippen molar-refractivity contribution in [1.29, 1.82) is 0 Å². The van der Waals surface area contributed by atoms with Crippen LogP contribution >= 0.6 is 27.7 Å². The summed E-state index contributed by atoms with van der Waals surface area (Å²) in [6, 6.07) is 17.7. The highest BCUT2D eigenvalue weighted by Crippen LogP contribution is 2.39. The molecular formula is C27H24BrFN2O3S. The fraction of sp³-hybridized carbons (Fsp3) is 0.185. The maximum atomic E-state index is 13.2. The summed E-state index contributed by atoms with van der Waals surface area (Å²) in [5.74, 6) is 0.698. The number of amides is 1. The van der Waals surface area contributed by atoms with Crippen molar-refractivity contribution in [3.63, 3.8) is 0 Å². The molecule has 0 bridgehead atoms. The SMILES string of the molecule is CCN1C(=O)/C(=C\c2cc(OC)c(OCc3cccc(C)c3)cc2Br)SC1=Nc1ccc(F)cc1. The summed E-state index contributed by atoms with van der Waals surface area (Å²) in [6.45, 7) is 4.81. The highest BCUT2D eigenvalue weighted by atomic mass is 79.9. The maximum Gasteiger partial charge on any atom is 0.266 e. The number of aliphatic imine (C=N–C) groups is 1. The standard InChI is InChI=1S/C27H24BrFN2O3S/c1-4-31-26(32)25(35-27(31)30-21-10-8-20(29)9-11-21)14-19-13-23(33-3)24(15-22(19)28)34-16-18-7-5-6-17(2)12-18/h5-15H,4,16H2,1-3H3/b25-14+,30-27?. The Morgan fingerprint density at radius 1 is 1.11 bits per heavy atom. The molecule has 1 aliphatic rings. The lowest BCUT2D eigenvalue weighted by atomic mass is 10.1. The molecule has 3 aromatic carbocycles. The Bertz CT molecular complexity index is 1310. The molecule has 180 valence electrons. The van der Waals surface area contributed by atoms with Gasteiger partial charge in [-0.05, 0) is 79.2 Å². The molecule has 1 fully saturated rings. The highest BCUT2D eigenvalue weighted by molar-refractivity contribution is 9.10. The molecule has 0 atom stereocenters.